The maximum absolute atomic E-state index is 11.4. The van der Waals surface area contributed by atoms with Gasteiger partial charge in [0.05, 0.1) is 6.61 Å². The average Bonchev–Trinajstić information content (AvgIpc) is 2.90. The summed E-state index contributed by atoms with van der Waals surface area (Å²) in [6, 6.07) is 13.0. The van der Waals surface area contributed by atoms with Crippen LogP contribution in [0.4, 0.5) is 0 Å². The smallest absolute Gasteiger partial charge is 0.457 e. The Labute approximate surface area is 129 Å². The molecule has 112 valence electrons. The molecular weight excluding hydrogens is 279 g/mol. The molecule has 0 aliphatic carbocycles. The number of hydrogen-bond donors (Lipinski definition) is 1. The maximum Gasteiger partial charge on any atom is 0.491 e. The third-order valence-corrected chi connectivity index (χ3v) is 3.73. The van der Waals surface area contributed by atoms with Crippen molar-refractivity contribution in [1.29, 1.82) is 0 Å². The van der Waals surface area contributed by atoms with Crippen molar-refractivity contribution < 1.29 is 19.2 Å². The molecule has 0 saturated carbocycles. The van der Waals surface area contributed by atoms with E-state index in [1.54, 1.807) is 0 Å². The van der Waals surface area contributed by atoms with E-state index >= 15 is 0 Å². The molecule has 1 aliphatic heterocycles. The lowest BCUT2D eigenvalue weighted by Gasteiger charge is -2.08. The monoisotopic (exact) mass is 296 g/mol. The van der Waals surface area contributed by atoms with Crippen molar-refractivity contribution in [2.24, 2.45) is 0 Å². The number of ketones is 1. The largest absolute Gasteiger partial charge is 0.491 e. The number of carbonyl (C=O) groups is 1. The van der Waals surface area contributed by atoms with Gasteiger partial charge < -0.3 is 14.4 Å². The van der Waals surface area contributed by atoms with Gasteiger partial charge in [0.1, 0.15) is 17.3 Å². The Kier molecular flexibility index (Phi) is 4.27. The molecule has 1 aliphatic rings. The first-order chi connectivity index (χ1) is 10.7. The van der Waals surface area contributed by atoms with Crippen LogP contribution in [0, 0.1) is 0 Å². The summed E-state index contributed by atoms with van der Waals surface area (Å²) in [5, 5.41) is 9.59. The zero-order valence-electron chi connectivity index (χ0n) is 12.4. The van der Waals surface area contributed by atoms with Crippen LogP contribution < -0.4 is 10.2 Å². The van der Waals surface area contributed by atoms with Crippen molar-refractivity contribution in [3.63, 3.8) is 0 Å². The normalized spacial score (nSPS) is 13.1. The van der Waals surface area contributed by atoms with Gasteiger partial charge in [-0.05, 0) is 40.9 Å². The lowest BCUT2D eigenvalue weighted by atomic mass is 9.80. The zero-order valence-corrected chi connectivity index (χ0v) is 12.4. The van der Waals surface area contributed by atoms with Crippen LogP contribution in [0.2, 0.25) is 0 Å². The highest BCUT2D eigenvalue weighted by Gasteiger charge is 2.27. The first-order valence-corrected chi connectivity index (χ1v) is 7.36. The lowest BCUT2D eigenvalue weighted by molar-refractivity contribution is -0.118. The Bertz CT molecular complexity index is 682. The van der Waals surface area contributed by atoms with Gasteiger partial charge in [-0.3, -0.25) is 4.79 Å². The molecule has 1 heterocycles. The van der Waals surface area contributed by atoms with E-state index < -0.39 is 7.12 Å². The van der Waals surface area contributed by atoms with Crippen LogP contribution in [0.1, 0.15) is 24.5 Å². The molecule has 5 heteroatoms. The van der Waals surface area contributed by atoms with Crippen molar-refractivity contribution in [1.82, 2.24) is 0 Å². The quantitative estimate of drug-likeness (QED) is 0.860. The molecule has 0 aromatic heterocycles. The third-order valence-electron chi connectivity index (χ3n) is 3.73. The number of carbonyl (C=O) groups excluding carboxylic acids is 1. The predicted octanol–water partition coefficient (Wildman–Crippen LogP) is 2.22. The van der Waals surface area contributed by atoms with Crippen LogP contribution in [0.25, 0.3) is 0 Å². The van der Waals surface area contributed by atoms with Crippen LogP contribution in [0.3, 0.4) is 0 Å². The molecule has 0 fully saturated rings. The summed E-state index contributed by atoms with van der Waals surface area (Å²) in [4.78, 5) is 11.4. The summed E-state index contributed by atoms with van der Waals surface area (Å²) < 4.78 is 11.0. The number of hydrogen-bond acceptors (Lipinski definition) is 4. The summed E-state index contributed by atoms with van der Waals surface area (Å²) in [7, 11) is -0.834. The Balaban J connectivity index is 1.70. The molecule has 0 spiro atoms. The maximum atomic E-state index is 11.4. The number of Topliss-reactive ketones (excluding diaryl/α,β-unsaturated/α-hetero) is 1. The lowest BCUT2D eigenvalue weighted by Crippen LogP contribution is -2.27. The Morgan fingerprint density at radius 2 is 1.95 bits per heavy atom. The van der Waals surface area contributed by atoms with Gasteiger partial charge in [-0.25, -0.2) is 0 Å². The predicted molar refractivity (Wildman–Crippen MR) is 84.4 cm³/mol. The van der Waals surface area contributed by atoms with E-state index in [4.69, 9.17) is 9.39 Å². The van der Waals surface area contributed by atoms with Crippen LogP contribution in [0.5, 0.6) is 11.5 Å². The summed E-state index contributed by atoms with van der Waals surface area (Å²) in [5.74, 6) is 1.65. The second kappa shape index (κ2) is 6.34. The molecule has 1 N–H and O–H groups in total. The molecule has 0 saturated heterocycles. The van der Waals surface area contributed by atoms with E-state index in [2.05, 4.69) is 0 Å². The Morgan fingerprint density at radius 1 is 1.23 bits per heavy atom. The molecule has 0 atom stereocenters. The highest BCUT2D eigenvalue weighted by molar-refractivity contribution is 6.61. The van der Waals surface area contributed by atoms with E-state index in [1.807, 2.05) is 49.4 Å². The topological polar surface area (TPSA) is 55.8 Å². The van der Waals surface area contributed by atoms with Crippen LogP contribution in [-0.2, 0) is 22.5 Å². The Hall–Kier alpha value is -2.11. The zero-order chi connectivity index (χ0) is 15.5. The van der Waals surface area contributed by atoms with Crippen molar-refractivity contribution >= 4 is 18.4 Å². The summed E-state index contributed by atoms with van der Waals surface area (Å²) in [6.07, 6.45) is 1.02. The van der Waals surface area contributed by atoms with E-state index in [1.165, 1.54) is 0 Å². The molecule has 3 rings (SSSR count). The SMILES string of the molecule is CCC(=O)Cc1ccc(Oc2ccc3c(c2)COB3O)cc1. The molecule has 22 heavy (non-hydrogen) atoms. The van der Waals surface area contributed by atoms with E-state index in [0.717, 1.165) is 16.6 Å². The fraction of sp³-hybridized carbons (Fsp3) is 0.235. The molecule has 2 aromatic rings. The summed E-state index contributed by atoms with van der Waals surface area (Å²) >= 11 is 0. The first-order valence-electron chi connectivity index (χ1n) is 7.36. The van der Waals surface area contributed by atoms with E-state index in [0.29, 0.717) is 30.9 Å². The third kappa shape index (κ3) is 3.21. The molecule has 0 amide bonds. The van der Waals surface area contributed by atoms with Gasteiger partial charge in [-0.15, -0.1) is 0 Å². The molecule has 0 bridgehead atoms. The van der Waals surface area contributed by atoms with Crippen LogP contribution >= 0.6 is 0 Å². The van der Waals surface area contributed by atoms with E-state index in [9.17, 15) is 9.82 Å². The standard InChI is InChI=1S/C17H17BO4/c1-2-14(19)9-12-3-5-15(6-4-12)22-16-7-8-17-13(10-16)11-21-18(17)20/h3-8,10,20H,2,9,11H2,1H3. The summed E-state index contributed by atoms with van der Waals surface area (Å²) in [6.45, 7) is 2.26. The van der Waals surface area contributed by atoms with Gasteiger partial charge in [-0.1, -0.05) is 25.1 Å². The number of fused-ring (bicyclic) bond motifs is 1. The van der Waals surface area contributed by atoms with Gasteiger partial charge in [0, 0.05) is 12.8 Å². The molecule has 0 radical (unpaired) electrons. The molecule has 4 nitrogen and oxygen atoms in total. The fourth-order valence-corrected chi connectivity index (χ4v) is 2.43. The van der Waals surface area contributed by atoms with Gasteiger partial charge in [-0.2, -0.15) is 0 Å². The molecular formula is C17H17BO4. The number of ether oxygens (including phenoxy) is 1. The fourth-order valence-electron chi connectivity index (χ4n) is 2.43. The van der Waals surface area contributed by atoms with Gasteiger partial charge >= 0.3 is 7.12 Å². The van der Waals surface area contributed by atoms with Crippen molar-refractivity contribution in [2.75, 3.05) is 0 Å². The van der Waals surface area contributed by atoms with Crippen molar-refractivity contribution in [3.05, 3.63) is 53.6 Å². The Morgan fingerprint density at radius 3 is 2.68 bits per heavy atom. The van der Waals surface area contributed by atoms with E-state index in [-0.39, 0.29) is 5.78 Å². The van der Waals surface area contributed by atoms with Crippen molar-refractivity contribution in [3.8, 4) is 11.5 Å². The van der Waals surface area contributed by atoms with Gasteiger partial charge in [0.15, 0.2) is 0 Å². The highest BCUT2D eigenvalue weighted by Crippen LogP contribution is 2.24. The highest BCUT2D eigenvalue weighted by atomic mass is 16.5. The van der Waals surface area contributed by atoms with Crippen molar-refractivity contribution in [2.45, 2.75) is 26.4 Å². The summed E-state index contributed by atoms with van der Waals surface area (Å²) in [5.41, 5.74) is 2.72. The minimum absolute atomic E-state index is 0.228. The second-order valence-electron chi connectivity index (χ2n) is 5.34. The molecule has 2 aromatic carbocycles. The van der Waals surface area contributed by atoms with Crippen LogP contribution in [0.15, 0.2) is 42.5 Å². The average molecular weight is 296 g/mol. The number of rotatable bonds is 5. The number of benzene rings is 2. The van der Waals surface area contributed by atoms with Crippen LogP contribution in [-0.4, -0.2) is 17.9 Å². The minimum atomic E-state index is -0.834. The van der Waals surface area contributed by atoms with Gasteiger partial charge in [0.25, 0.3) is 0 Å². The first kappa shape index (κ1) is 14.8. The second-order valence-corrected chi connectivity index (χ2v) is 5.34. The van der Waals surface area contributed by atoms with Gasteiger partial charge in [0.2, 0.25) is 0 Å². The minimum Gasteiger partial charge on any atom is -0.457 e. The molecule has 0 unspecified atom stereocenters.